The minimum atomic E-state index is -3.51. The van der Waals surface area contributed by atoms with Crippen LogP contribution in [0.1, 0.15) is 13.8 Å². The van der Waals surface area contributed by atoms with E-state index < -0.39 is 10.0 Å². The van der Waals surface area contributed by atoms with Gasteiger partial charge in [-0.15, -0.1) is 0 Å². The molecular weight excluding hydrogens is 368 g/mol. The summed E-state index contributed by atoms with van der Waals surface area (Å²) in [5.41, 5.74) is 0.601. The Hall–Kier alpha value is -2.58. The molecule has 0 heterocycles. The van der Waals surface area contributed by atoms with Gasteiger partial charge in [0.15, 0.2) is 6.61 Å². The Morgan fingerprint density at radius 2 is 1.70 bits per heavy atom. The lowest BCUT2D eigenvalue weighted by Gasteiger charge is -2.18. The molecule has 8 heteroatoms. The summed E-state index contributed by atoms with van der Waals surface area (Å²) in [6.45, 7) is 4.20. The topological polar surface area (TPSA) is 84.9 Å². The van der Waals surface area contributed by atoms with E-state index in [2.05, 4.69) is 5.32 Å². The maximum absolute atomic E-state index is 12.4. The Morgan fingerprint density at radius 3 is 2.30 bits per heavy atom. The first-order chi connectivity index (χ1) is 12.9. The Bertz CT molecular complexity index is 862. The quantitative estimate of drug-likeness (QED) is 0.709. The van der Waals surface area contributed by atoms with Gasteiger partial charge in [-0.25, -0.2) is 8.42 Å². The molecule has 2 rings (SSSR count). The lowest BCUT2D eigenvalue weighted by molar-refractivity contribution is -0.118. The molecule has 0 aliphatic carbocycles. The smallest absolute Gasteiger partial charge is 0.262 e. The van der Waals surface area contributed by atoms with Crippen LogP contribution in [0.2, 0.25) is 0 Å². The molecule has 0 unspecified atom stereocenters. The van der Waals surface area contributed by atoms with Crippen LogP contribution in [0.3, 0.4) is 0 Å². The standard InChI is InChI=1S/C19H24N2O5S/c1-4-21(5-2)27(23,24)18-11-9-16(10-12-18)26-14-19(22)20-15-7-6-8-17(13-15)25-3/h6-13H,4-5,14H2,1-3H3,(H,20,22). The van der Waals surface area contributed by atoms with Crippen molar-refractivity contribution in [3.05, 3.63) is 48.5 Å². The molecule has 0 bridgehead atoms. The van der Waals surface area contributed by atoms with Crippen molar-refractivity contribution in [3.63, 3.8) is 0 Å². The maximum Gasteiger partial charge on any atom is 0.262 e. The highest BCUT2D eigenvalue weighted by Gasteiger charge is 2.21. The Morgan fingerprint density at radius 1 is 1.04 bits per heavy atom. The molecule has 0 aliphatic heterocycles. The Kier molecular flexibility index (Phi) is 7.20. The van der Waals surface area contributed by atoms with Crippen LogP contribution in [0, 0.1) is 0 Å². The highest BCUT2D eigenvalue weighted by atomic mass is 32.2. The number of anilines is 1. The van der Waals surface area contributed by atoms with Gasteiger partial charge in [-0.3, -0.25) is 4.79 Å². The number of hydrogen-bond donors (Lipinski definition) is 1. The molecule has 0 saturated heterocycles. The van der Waals surface area contributed by atoms with Gasteiger partial charge in [-0.2, -0.15) is 4.31 Å². The SMILES string of the molecule is CCN(CC)S(=O)(=O)c1ccc(OCC(=O)Nc2cccc(OC)c2)cc1. The largest absolute Gasteiger partial charge is 0.497 e. The van der Waals surface area contributed by atoms with E-state index >= 15 is 0 Å². The van der Waals surface area contributed by atoms with E-state index in [1.54, 1.807) is 45.2 Å². The van der Waals surface area contributed by atoms with E-state index in [4.69, 9.17) is 9.47 Å². The summed E-state index contributed by atoms with van der Waals surface area (Å²) in [6.07, 6.45) is 0. The van der Waals surface area contributed by atoms with Crippen molar-refractivity contribution in [3.8, 4) is 11.5 Å². The number of benzene rings is 2. The molecular formula is C19H24N2O5S. The number of hydrogen-bond acceptors (Lipinski definition) is 5. The van der Waals surface area contributed by atoms with Crippen molar-refractivity contribution in [1.82, 2.24) is 4.31 Å². The Balaban J connectivity index is 1.95. The summed E-state index contributed by atoms with van der Waals surface area (Å²) in [5.74, 6) is 0.719. The third kappa shape index (κ3) is 5.45. The van der Waals surface area contributed by atoms with Crippen LogP contribution in [0.4, 0.5) is 5.69 Å². The van der Waals surface area contributed by atoms with Crippen LogP contribution in [0.25, 0.3) is 0 Å². The fourth-order valence-electron chi connectivity index (χ4n) is 2.47. The zero-order chi connectivity index (χ0) is 19.9. The third-order valence-electron chi connectivity index (χ3n) is 3.89. The summed E-state index contributed by atoms with van der Waals surface area (Å²) in [7, 11) is -1.96. The number of carbonyl (C=O) groups is 1. The number of sulfonamides is 1. The van der Waals surface area contributed by atoms with Crippen LogP contribution in [-0.2, 0) is 14.8 Å². The molecule has 2 aromatic rings. The molecule has 1 N–H and O–H groups in total. The highest BCUT2D eigenvalue weighted by molar-refractivity contribution is 7.89. The van der Waals surface area contributed by atoms with E-state index in [1.165, 1.54) is 28.6 Å². The number of carbonyl (C=O) groups excluding carboxylic acids is 1. The predicted molar refractivity (Wildman–Crippen MR) is 104 cm³/mol. The number of rotatable bonds is 9. The lowest BCUT2D eigenvalue weighted by atomic mass is 10.3. The van der Waals surface area contributed by atoms with Gasteiger partial charge >= 0.3 is 0 Å². The minimum Gasteiger partial charge on any atom is -0.497 e. The summed E-state index contributed by atoms with van der Waals surface area (Å²) in [5, 5.41) is 2.71. The van der Waals surface area contributed by atoms with Crippen molar-refractivity contribution in [2.45, 2.75) is 18.7 Å². The van der Waals surface area contributed by atoms with Crippen molar-refractivity contribution in [2.75, 3.05) is 32.1 Å². The van der Waals surface area contributed by atoms with Gasteiger partial charge in [0.25, 0.3) is 5.91 Å². The molecule has 27 heavy (non-hydrogen) atoms. The first kappa shape index (κ1) is 20.7. The van der Waals surface area contributed by atoms with Gasteiger partial charge in [0.05, 0.1) is 12.0 Å². The molecule has 0 spiro atoms. The zero-order valence-electron chi connectivity index (χ0n) is 15.6. The molecule has 2 aromatic carbocycles. The van der Waals surface area contributed by atoms with Gasteiger partial charge in [0.1, 0.15) is 11.5 Å². The number of nitrogens with one attached hydrogen (secondary N) is 1. The Labute approximate surface area is 160 Å². The normalized spacial score (nSPS) is 11.3. The van der Waals surface area contributed by atoms with E-state index in [0.717, 1.165) is 0 Å². The lowest BCUT2D eigenvalue weighted by Crippen LogP contribution is -2.30. The van der Waals surface area contributed by atoms with Crippen molar-refractivity contribution < 1.29 is 22.7 Å². The molecule has 7 nitrogen and oxygen atoms in total. The number of amides is 1. The number of ether oxygens (including phenoxy) is 2. The van der Waals surface area contributed by atoms with Crippen molar-refractivity contribution in [1.29, 1.82) is 0 Å². The second kappa shape index (κ2) is 9.38. The summed E-state index contributed by atoms with van der Waals surface area (Å²) < 4.78 is 36.8. The first-order valence-corrected chi connectivity index (χ1v) is 10.0. The van der Waals surface area contributed by atoms with Gasteiger partial charge in [0.2, 0.25) is 10.0 Å². The summed E-state index contributed by atoms with van der Waals surface area (Å²) in [6, 6.07) is 13.0. The molecule has 0 saturated carbocycles. The van der Waals surface area contributed by atoms with Crippen LogP contribution in [0.5, 0.6) is 11.5 Å². The molecule has 0 aromatic heterocycles. The molecule has 146 valence electrons. The minimum absolute atomic E-state index is 0.194. The van der Waals surface area contributed by atoms with Crippen molar-refractivity contribution >= 4 is 21.6 Å². The monoisotopic (exact) mass is 392 g/mol. The fourth-order valence-corrected chi connectivity index (χ4v) is 3.93. The molecule has 0 aliphatic rings. The van der Waals surface area contributed by atoms with E-state index in [1.807, 2.05) is 0 Å². The van der Waals surface area contributed by atoms with Crippen LogP contribution in [-0.4, -0.2) is 45.4 Å². The van der Waals surface area contributed by atoms with Crippen LogP contribution < -0.4 is 14.8 Å². The van der Waals surface area contributed by atoms with Gasteiger partial charge in [-0.05, 0) is 36.4 Å². The van der Waals surface area contributed by atoms with Crippen molar-refractivity contribution in [2.24, 2.45) is 0 Å². The van der Waals surface area contributed by atoms with Crippen LogP contribution in [0.15, 0.2) is 53.4 Å². The first-order valence-electron chi connectivity index (χ1n) is 8.57. The van der Waals surface area contributed by atoms with E-state index in [0.29, 0.717) is 30.3 Å². The van der Waals surface area contributed by atoms with Crippen LogP contribution >= 0.6 is 0 Å². The average Bonchev–Trinajstić information content (AvgIpc) is 2.67. The molecule has 0 fully saturated rings. The van der Waals surface area contributed by atoms with Gasteiger partial charge in [0, 0.05) is 24.8 Å². The second-order valence-corrected chi connectivity index (χ2v) is 7.57. The molecule has 0 radical (unpaired) electrons. The average molecular weight is 392 g/mol. The zero-order valence-corrected chi connectivity index (χ0v) is 16.5. The molecule has 1 amide bonds. The third-order valence-corrected chi connectivity index (χ3v) is 5.95. The predicted octanol–water partition coefficient (Wildman–Crippen LogP) is 2.74. The fraction of sp³-hybridized carbons (Fsp3) is 0.316. The van der Waals surface area contributed by atoms with E-state index in [-0.39, 0.29) is 17.4 Å². The summed E-state index contributed by atoms with van der Waals surface area (Å²) in [4.78, 5) is 12.2. The van der Waals surface area contributed by atoms with Gasteiger partial charge in [-0.1, -0.05) is 19.9 Å². The highest BCUT2D eigenvalue weighted by Crippen LogP contribution is 2.20. The van der Waals surface area contributed by atoms with Gasteiger partial charge < -0.3 is 14.8 Å². The second-order valence-electron chi connectivity index (χ2n) is 5.63. The summed E-state index contributed by atoms with van der Waals surface area (Å²) >= 11 is 0. The van der Waals surface area contributed by atoms with E-state index in [9.17, 15) is 13.2 Å². The maximum atomic E-state index is 12.4. The number of nitrogens with zero attached hydrogens (tertiary/aromatic N) is 1. The molecule has 0 atom stereocenters. The number of methoxy groups -OCH3 is 1.